The van der Waals surface area contributed by atoms with Crippen LogP contribution in [0.4, 0.5) is 0 Å². The van der Waals surface area contributed by atoms with Gasteiger partial charge in [-0.2, -0.15) is 0 Å². The average Bonchev–Trinajstić information content (AvgIpc) is 1.63. The third-order valence-corrected chi connectivity index (χ3v) is 0.624. The summed E-state index contributed by atoms with van der Waals surface area (Å²) in [5.41, 5.74) is 4.68. The van der Waals surface area contributed by atoms with E-state index in [4.69, 9.17) is 0 Å². The van der Waals surface area contributed by atoms with E-state index in [1.807, 2.05) is 0 Å². The number of esters is 1. The Labute approximate surface area is 53.0 Å². The van der Waals surface area contributed by atoms with Crippen molar-refractivity contribution in [2.45, 2.75) is 13.3 Å². The fourth-order valence-electron chi connectivity index (χ4n) is 0.354. The summed E-state index contributed by atoms with van der Waals surface area (Å²) in [6.45, 7) is 1.95. The maximum Gasteiger partial charge on any atom is 0.315 e. The molecule has 0 aromatic rings. The van der Waals surface area contributed by atoms with E-state index in [9.17, 15) is 9.59 Å². The van der Waals surface area contributed by atoms with Crippen molar-refractivity contribution in [2.75, 3.05) is 6.61 Å². The molecule has 0 aliphatic rings. The summed E-state index contributed by atoms with van der Waals surface area (Å²) in [6, 6.07) is 0. The van der Waals surface area contributed by atoms with Crippen LogP contribution in [0.15, 0.2) is 0 Å². The summed E-state index contributed by atoms with van der Waals surface area (Å²) < 4.78 is 4.41. The number of hydrogen-bond acceptors (Lipinski definition) is 3. The molecule has 0 rings (SSSR count). The zero-order valence-electron chi connectivity index (χ0n) is 5.22. The molecular weight excluding hydrogens is 122 g/mol. The summed E-state index contributed by atoms with van der Waals surface area (Å²) in [7, 11) is 0. The highest BCUT2D eigenvalue weighted by Crippen LogP contribution is 1.82. The zero-order valence-corrected chi connectivity index (χ0v) is 5.22. The third kappa shape index (κ3) is 4.80. The molecule has 9 heavy (non-hydrogen) atoms. The topological polar surface area (TPSA) is 69.4 Å². The first-order valence-electron chi connectivity index (χ1n) is 2.60. The van der Waals surface area contributed by atoms with Crippen molar-refractivity contribution >= 4 is 11.9 Å². The molecule has 0 saturated carbocycles. The van der Waals surface area contributed by atoms with Crippen LogP contribution >= 0.6 is 0 Å². The van der Waals surface area contributed by atoms with E-state index in [0.29, 0.717) is 0 Å². The molecule has 52 valence electrons. The molecule has 0 radical (unpaired) electrons. The van der Waals surface area contributed by atoms with Crippen molar-refractivity contribution in [2.24, 2.45) is 5.73 Å². The summed E-state index contributed by atoms with van der Waals surface area (Å²) in [4.78, 5) is 20.3. The van der Waals surface area contributed by atoms with Gasteiger partial charge in [0.1, 0.15) is 6.42 Å². The Hall–Kier alpha value is -1.06. The van der Waals surface area contributed by atoms with E-state index in [0.717, 1.165) is 0 Å². The number of primary amides is 1. The summed E-state index contributed by atoms with van der Waals surface area (Å²) in [6.07, 6.45) is -0.326. The Balaban J connectivity index is 3.39. The fraction of sp³-hybridized carbons (Fsp3) is 0.600. The Morgan fingerprint density at radius 1 is 1.56 bits per heavy atom. The minimum absolute atomic E-state index is 0.284. The van der Waals surface area contributed by atoms with Gasteiger partial charge in [-0.15, -0.1) is 0 Å². The van der Waals surface area contributed by atoms with Crippen molar-refractivity contribution < 1.29 is 14.3 Å². The van der Waals surface area contributed by atoms with Gasteiger partial charge in [-0.25, -0.2) is 0 Å². The summed E-state index contributed by atoms with van der Waals surface area (Å²) in [5.74, 6) is -1.22. The largest absolute Gasteiger partial charge is 0.466 e. The van der Waals surface area contributed by atoms with E-state index in [2.05, 4.69) is 10.5 Å². The monoisotopic (exact) mass is 131 g/mol. The molecule has 4 nitrogen and oxygen atoms in total. The van der Waals surface area contributed by atoms with Crippen LogP contribution in [0.1, 0.15) is 13.3 Å². The van der Waals surface area contributed by atoms with Gasteiger partial charge in [-0.1, -0.05) is 0 Å². The van der Waals surface area contributed by atoms with Crippen LogP contribution in [-0.4, -0.2) is 18.5 Å². The lowest BCUT2D eigenvalue weighted by atomic mass is 10.4. The molecule has 0 unspecified atom stereocenters. The summed E-state index contributed by atoms with van der Waals surface area (Å²) in [5, 5.41) is 0. The van der Waals surface area contributed by atoms with Crippen LogP contribution in [-0.2, 0) is 14.3 Å². The third-order valence-electron chi connectivity index (χ3n) is 0.624. The lowest BCUT2D eigenvalue weighted by Crippen LogP contribution is -2.17. The smallest absolute Gasteiger partial charge is 0.315 e. The Morgan fingerprint density at radius 2 is 2.11 bits per heavy atom. The quantitative estimate of drug-likeness (QED) is 0.411. The van der Waals surface area contributed by atoms with Crippen LogP contribution in [0.5, 0.6) is 0 Å². The first-order valence-corrected chi connectivity index (χ1v) is 2.60. The lowest BCUT2D eigenvalue weighted by Gasteiger charge is -1.95. The van der Waals surface area contributed by atoms with E-state index >= 15 is 0 Å². The number of carbonyl (C=O) groups is 2. The number of carbonyl (C=O) groups excluding carboxylic acids is 2. The molecule has 0 aliphatic heterocycles. The normalized spacial score (nSPS) is 8.56. The number of nitrogens with two attached hydrogens (primary N) is 1. The molecule has 0 spiro atoms. The van der Waals surface area contributed by atoms with Gasteiger partial charge in [0.15, 0.2) is 0 Å². The van der Waals surface area contributed by atoms with Crippen molar-refractivity contribution in [3.63, 3.8) is 0 Å². The second kappa shape index (κ2) is 3.88. The van der Waals surface area contributed by atoms with Gasteiger partial charge in [-0.05, 0) is 6.92 Å². The van der Waals surface area contributed by atoms with Gasteiger partial charge >= 0.3 is 5.97 Å². The molecule has 1 amide bonds. The minimum atomic E-state index is -0.659. The van der Waals surface area contributed by atoms with Gasteiger partial charge in [0.25, 0.3) is 0 Å². The van der Waals surface area contributed by atoms with Crippen molar-refractivity contribution in [1.82, 2.24) is 0 Å². The van der Waals surface area contributed by atoms with Crippen LogP contribution in [0.2, 0.25) is 0 Å². The van der Waals surface area contributed by atoms with Gasteiger partial charge in [-0.3, -0.25) is 9.59 Å². The van der Waals surface area contributed by atoms with Crippen LogP contribution in [0, 0.1) is 0 Å². The molecule has 0 saturated heterocycles. The molecule has 4 heteroatoms. The first-order chi connectivity index (χ1) is 4.16. The molecular formula is C5H9NO3. The lowest BCUT2D eigenvalue weighted by molar-refractivity contribution is -0.145. The number of hydrogen-bond donors (Lipinski definition) is 1. The van der Waals surface area contributed by atoms with E-state index < -0.39 is 11.9 Å². The molecule has 2 N–H and O–H groups in total. The maximum absolute atomic E-state index is 10.3. The molecule has 0 aromatic heterocycles. The predicted molar refractivity (Wildman–Crippen MR) is 30.4 cm³/mol. The molecule has 0 fully saturated rings. The maximum atomic E-state index is 10.3. The van der Waals surface area contributed by atoms with Crippen LogP contribution < -0.4 is 5.73 Å². The number of amides is 1. The Kier molecular flexibility index (Phi) is 3.43. The van der Waals surface area contributed by atoms with E-state index in [1.165, 1.54) is 0 Å². The summed E-state index contributed by atoms with van der Waals surface area (Å²) >= 11 is 0. The molecule has 0 aromatic carbocycles. The number of rotatable bonds is 3. The van der Waals surface area contributed by atoms with Gasteiger partial charge in [0.05, 0.1) is 6.61 Å². The van der Waals surface area contributed by atoms with Crippen molar-refractivity contribution in [1.29, 1.82) is 0 Å². The van der Waals surface area contributed by atoms with Crippen molar-refractivity contribution in [3.05, 3.63) is 0 Å². The highest BCUT2D eigenvalue weighted by Gasteiger charge is 2.04. The van der Waals surface area contributed by atoms with Crippen LogP contribution in [0.3, 0.4) is 0 Å². The van der Waals surface area contributed by atoms with Gasteiger partial charge in [0, 0.05) is 0 Å². The SMILES string of the molecule is CCOC(=O)CC(N)=O. The van der Waals surface area contributed by atoms with Gasteiger partial charge in [0.2, 0.25) is 5.91 Å². The number of ether oxygens (including phenoxy) is 1. The Morgan fingerprint density at radius 3 is 2.44 bits per heavy atom. The average molecular weight is 131 g/mol. The molecule has 0 bridgehead atoms. The first kappa shape index (κ1) is 7.94. The van der Waals surface area contributed by atoms with Crippen LogP contribution in [0.25, 0.3) is 0 Å². The zero-order chi connectivity index (χ0) is 7.28. The highest BCUT2D eigenvalue weighted by atomic mass is 16.5. The highest BCUT2D eigenvalue weighted by molar-refractivity contribution is 5.93. The molecule has 0 atom stereocenters. The molecule has 0 aliphatic carbocycles. The predicted octanol–water partition coefficient (Wildman–Crippen LogP) is -0.575. The van der Waals surface area contributed by atoms with Crippen molar-refractivity contribution in [3.8, 4) is 0 Å². The Bertz CT molecular complexity index is 121. The van der Waals surface area contributed by atoms with E-state index in [1.54, 1.807) is 6.92 Å². The van der Waals surface area contributed by atoms with E-state index in [-0.39, 0.29) is 13.0 Å². The molecule has 0 heterocycles. The second-order valence-electron chi connectivity index (χ2n) is 1.45. The van der Waals surface area contributed by atoms with Gasteiger partial charge < -0.3 is 10.5 Å². The fourth-order valence-corrected chi connectivity index (χ4v) is 0.354. The minimum Gasteiger partial charge on any atom is -0.466 e. The standard InChI is InChI=1S/C5H9NO3/c1-2-9-5(8)3-4(6)7/h2-3H2,1H3,(H2,6,7). The second-order valence-corrected chi connectivity index (χ2v) is 1.45.